The number of ether oxygens (including phenoxy) is 1. The van der Waals surface area contributed by atoms with Gasteiger partial charge in [-0.2, -0.15) is 0 Å². The number of hydrogen-bond acceptors (Lipinski definition) is 5. The zero-order chi connectivity index (χ0) is 18.9. The summed E-state index contributed by atoms with van der Waals surface area (Å²) in [5, 5.41) is 11.2. The molecule has 0 spiro atoms. The lowest BCUT2D eigenvalue weighted by atomic mass is 10.0. The minimum Gasteiger partial charge on any atom is -0.478 e. The van der Waals surface area contributed by atoms with Crippen LogP contribution in [0, 0.1) is 15.9 Å². The molecule has 138 valence electrons. The van der Waals surface area contributed by atoms with Crippen LogP contribution in [0.2, 0.25) is 5.02 Å². The molecule has 1 aromatic heterocycles. The van der Waals surface area contributed by atoms with Crippen molar-refractivity contribution in [1.82, 2.24) is 4.98 Å². The first-order valence-electron chi connectivity index (χ1n) is 8.33. The number of anilines is 1. The van der Waals surface area contributed by atoms with E-state index in [0.29, 0.717) is 10.7 Å². The van der Waals surface area contributed by atoms with Crippen molar-refractivity contribution in [2.75, 3.05) is 18.0 Å². The molecule has 0 aliphatic carbocycles. The van der Waals surface area contributed by atoms with Crippen molar-refractivity contribution in [2.45, 2.75) is 32.3 Å². The van der Waals surface area contributed by atoms with Gasteiger partial charge in [-0.3, -0.25) is 10.1 Å². The van der Waals surface area contributed by atoms with E-state index in [9.17, 15) is 14.5 Å². The predicted molar refractivity (Wildman–Crippen MR) is 97.4 cm³/mol. The molecule has 26 heavy (non-hydrogen) atoms. The smallest absolute Gasteiger partial charge is 0.272 e. The van der Waals surface area contributed by atoms with Crippen LogP contribution in [0.1, 0.15) is 32.4 Å². The van der Waals surface area contributed by atoms with E-state index in [1.807, 2.05) is 6.07 Å². The Kier molecular flexibility index (Phi) is 5.00. The third-order valence-corrected chi connectivity index (χ3v) is 4.63. The number of aromatic nitrogens is 1. The maximum absolute atomic E-state index is 14.2. The highest BCUT2D eigenvalue weighted by Crippen LogP contribution is 2.35. The molecule has 1 aliphatic heterocycles. The van der Waals surface area contributed by atoms with Gasteiger partial charge in [0, 0.05) is 19.2 Å². The normalized spacial score (nSPS) is 14.5. The van der Waals surface area contributed by atoms with Gasteiger partial charge in [0.05, 0.1) is 16.0 Å². The van der Waals surface area contributed by atoms with Gasteiger partial charge in [-0.05, 0) is 44.9 Å². The maximum atomic E-state index is 14.2. The van der Waals surface area contributed by atoms with Gasteiger partial charge >= 0.3 is 0 Å². The second kappa shape index (κ2) is 7.07. The summed E-state index contributed by atoms with van der Waals surface area (Å²) in [6, 6.07) is 6.90. The maximum Gasteiger partial charge on any atom is 0.272 e. The van der Waals surface area contributed by atoms with Crippen molar-refractivity contribution in [1.29, 1.82) is 0 Å². The highest BCUT2D eigenvalue weighted by Gasteiger charge is 2.30. The Bertz CT molecular complexity index is 838. The molecule has 0 radical (unpaired) electrons. The van der Waals surface area contributed by atoms with Crippen LogP contribution in [0.3, 0.4) is 0 Å². The van der Waals surface area contributed by atoms with Crippen molar-refractivity contribution in [3.05, 3.63) is 57.0 Å². The number of non-ortho nitro benzene ring substituents is 1. The van der Waals surface area contributed by atoms with Gasteiger partial charge in [-0.25, -0.2) is 9.37 Å². The molecule has 6 nitrogen and oxygen atoms in total. The molecule has 8 heteroatoms. The molecule has 1 saturated heterocycles. The topological polar surface area (TPSA) is 68.5 Å². The van der Waals surface area contributed by atoms with E-state index in [4.69, 9.17) is 16.3 Å². The lowest BCUT2D eigenvalue weighted by Crippen LogP contribution is -2.29. The predicted octanol–water partition coefficient (Wildman–Crippen LogP) is 4.70. The zero-order valence-electron chi connectivity index (χ0n) is 14.5. The van der Waals surface area contributed by atoms with Crippen LogP contribution in [0.5, 0.6) is 5.75 Å². The Hall–Kier alpha value is -2.41. The van der Waals surface area contributed by atoms with Crippen molar-refractivity contribution in [2.24, 2.45) is 0 Å². The zero-order valence-corrected chi connectivity index (χ0v) is 15.3. The van der Waals surface area contributed by atoms with Crippen molar-refractivity contribution < 1.29 is 14.1 Å². The van der Waals surface area contributed by atoms with E-state index in [1.54, 1.807) is 19.9 Å². The largest absolute Gasteiger partial charge is 0.478 e. The van der Waals surface area contributed by atoms with Crippen LogP contribution in [-0.4, -0.2) is 23.0 Å². The first-order valence-corrected chi connectivity index (χ1v) is 8.70. The van der Waals surface area contributed by atoms with Crippen LogP contribution >= 0.6 is 11.6 Å². The molecule has 0 saturated carbocycles. The van der Waals surface area contributed by atoms with E-state index < -0.39 is 16.3 Å². The van der Waals surface area contributed by atoms with Crippen LogP contribution in [0.15, 0.2) is 30.3 Å². The van der Waals surface area contributed by atoms with E-state index in [-0.39, 0.29) is 11.4 Å². The van der Waals surface area contributed by atoms with Crippen molar-refractivity contribution in [3.8, 4) is 5.75 Å². The minimum absolute atomic E-state index is 0.0926. The standard InChI is InChI=1S/C18H19ClFN3O3/c1-18(2,26-15-7-5-12(23(24)25)11-14(15)20)17-13(19)6-8-16(21-17)22-9-3-4-10-22/h5-8,11H,3-4,9-10H2,1-2H3. The summed E-state index contributed by atoms with van der Waals surface area (Å²) in [5.41, 5.74) is -0.870. The molecular weight excluding hydrogens is 361 g/mol. The lowest BCUT2D eigenvalue weighted by molar-refractivity contribution is -0.385. The fraction of sp³-hybridized carbons (Fsp3) is 0.389. The molecule has 1 aromatic carbocycles. The quantitative estimate of drug-likeness (QED) is 0.556. The number of pyridine rings is 1. The van der Waals surface area contributed by atoms with Gasteiger partial charge in [0.2, 0.25) is 0 Å². The molecule has 0 amide bonds. The van der Waals surface area contributed by atoms with Gasteiger partial charge in [0.25, 0.3) is 5.69 Å². The molecule has 2 aromatic rings. The van der Waals surface area contributed by atoms with Crippen LogP contribution in [0.25, 0.3) is 0 Å². The Morgan fingerprint density at radius 1 is 1.27 bits per heavy atom. The van der Waals surface area contributed by atoms with Crippen LogP contribution in [0.4, 0.5) is 15.9 Å². The minimum atomic E-state index is -1.02. The molecule has 1 fully saturated rings. The first-order chi connectivity index (χ1) is 12.3. The van der Waals surface area contributed by atoms with E-state index in [1.165, 1.54) is 12.1 Å². The number of nitro benzene ring substituents is 1. The van der Waals surface area contributed by atoms with Crippen LogP contribution in [-0.2, 0) is 5.60 Å². The van der Waals surface area contributed by atoms with Crippen LogP contribution < -0.4 is 9.64 Å². The summed E-state index contributed by atoms with van der Waals surface area (Å²) in [6.07, 6.45) is 2.24. The molecule has 0 bridgehead atoms. The third kappa shape index (κ3) is 3.72. The summed E-state index contributed by atoms with van der Waals surface area (Å²) >= 11 is 6.32. The van der Waals surface area contributed by atoms with Gasteiger partial charge in [-0.15, -0.1) is 0 Å². The SMILES string of the molecule is CC(C)(Oc1ccc([N+](=O)[O-])cc1F)c1nc(N2CCCC2)ccc1Cl. The highest BCUT2D eigenvalue weighted by atomic mass is 35.5. The number of nitro groups is 1. The molecule has 0 N–H and O–H groups in total. The van der Waals surface area contributed by atoms with Gasteiger partial charge in [0.1, 0.15) is 17.1 Å². The van der Waals surface area contributed by atoms with Crippen molar-refractivity contribution in [3.63, 3.8) is 0 Å². The monoisotopic (exact) mass is 379 g/mol. The van der Waals surface area contributed by atoms with Crippen molar-refractivity contribution >= 4 is 23.1 Å². The Balaban J connectivity index is 1.90. The first kappa shape index (κ1) is 18.4. The lowest BCUT2D eigenvalue weighted by Gasteiger charge is -2.28. The molecule has 0 atom stereocenters. The fourth-order valence-corrected chi connectivity index (χ4v) is 3.32. The number of benzene rings is 1. The molecule has 2 heterocycles. The van der Waals surface area contributed by atoms with Gasteiger partial charge in [0.15, 0.2) is 11.6 Å². The second-order valence-electron chi connectivity index (χ2n) is 6.68. The summed E-state index contributed by atoms with van der Waals surface area (Å²) in [7, 11) is 0. The molecule has 0 unspecified atom stereocenters. The average molecular weight is 380 g/mol. The van der Waals surface area contributed by atoms with E-state index >= 15 is 0 Å². The average Bonchev–Trinajstić information content (AvgIpc) is 3.11. The number of halogens is 2. The summed E-state index contributed by atoms with van der Waals surface area (Å²) < 4.78 is 20.0. The Morgan fingerprint density at radius 2 is 1.96 bits per heavy atom. The second-order valence-corrected chi connectivity index (χ2v) is 7.09. The van der Waals surface area contributed by atoms with Gasteiger partial charge in [-0.1, -0.05) is 11.6 Å². The Labute approximate surface area is 155 Å². The number of nitrogens with zero attached hydrogens (tertiary/aromatic N) is 3. The summed E-state index contributed by atoms with van der Waals surface area (Å²) in [5.74, 6) is -0.0908. The number of hydrogen-bond donors (Lipinski definition) is 0. The summed E-state index contributed by atoms with van der Waals surface area (Å²) in [6.45, 7) is 5.34. The summed E-state index contributed by atoms with van der Waals surface area (Å²) in [4.78, 5) is 16.9. The number of rotatable bonds is 5. The molecule has 1 aliphatic rings. The highest BCUT2D eigenvalue weighted by molar-refractivity contribution is 6.31. The van der Waals surface area contributed by atoms with E-state index in [0.717, 1.165) is 37.8 Å². The third-order valence-electron chi connectivity index (χ3n) is 4.32. The Morgan fingerprint density at radius 3 is 2.58 bits per heavy atom. The molecule has 3 rings (SSSR count). The van der Waals surface area contributed by atoms with Gasteiger partial charge < -0.3 is 9.64 Å². The fourth-order valence-electron chi connectivity index (χ4n) is 2.99. The molecular formula is C18H19ClFN3O3. The van der Waals surface area contributed by atoms with E-state index in [2.05, 4.69) is 9.88 Å².